The Bertz CT molecular complexity index is 814. The number of oxime groups is 1. The predicted octanol–water partition coefficient (Wildman–Crippen LogP) is 5.79. The molecule has 25 heavy (non-hydrogen) atoms. The van der Waals surface area contributed by atoms with E-state index in [4.69, 9.17) is 16.4 Å². The Labute approximate surface area is 149 Å². The second kappa shape index (κ2) is 6.37. The smallest absolute Gasteiger partial charge is 0.374 e. The minimum absolute atomic E-state index is 0.0876. The molecule has 0 spiro atoms. The molecule has 6 heteroatoms. The van der Waals surface area contributed by atoms with Gasteiger partial charge in [-0.05, 0) is 36.6 Å². The number of alkyl halides is 3. The number of hydrogen-bond acceptors (Lipinski definition) is 2. The quantitative estimate of drug-likeness (QED) is 0.672. The number of hydrogen-bond donors (Lipinski definition) is 0. The molecule has 1 aliphatic heterocycles. The molecular formula is C19H17ClF3NO. The van der Waals surface area contributed by atoms with Crippen LogP contribution < -0.4 is 0 Å². The van der Waals surface area contributed by atoms with Crippen LogP contribution in [0.15, 0.2) is 47.6 Å². The first-order valence-electron chi connectivity index (χ1n) is 7.94. The Morgan fingerprint density at radius 3 is 2.44 bits per heavy atom. The minimum Gasteiger partial charge on any atom is -0.374 e. The number of nitrogens with zero attached hydrogens (tertiary/aromatic N) is 1. The van der Waals surface area contributed by atoms with Gasteiger partial charge in [-0.1, -0.05) is 59.6 Å². The predicted molar refractivity (Wildman–Crippen MR) is 92.0 cm³/mol. The summed E-state index contributed by atoms with van der Waals surface area (Å²) in [5, 5.41) is 4.28. The Kier molecular flexibility index (Phi) is 4.54. The van der Waals surface area contributed by atoms with Gasteiger partial charge in [0, 0.05) is 17.0 Å². The lowest BCUT2D eigenvalue weighted by atomic mass is 9.85. The highest BCUT2D eigenvalue weighted by atomic mass is 35.5. The maximum absolute atomic E-state index is 14.0. The summed E-state index contributed by atoms with van der Waals surface area (Å²) in [6.07, 6.45) is -4.32. The number of rotatable bonds is 3. The highest BCUT2D eigenvalue weighted by Crippen LogP contribution is 2.49. The number of benzene rings is 2. The van der Waals surface area contributed by atoms with Crippen molar-refractivity contribution in [2.45, 2.75) is 38.5 Å². The Morgan fingerprint density at radius 1 is 1.16 bits per heavy atom. The molecule has 2 aromatic carbocycles. The Balaban J connectivity index is 2.03. The lowest BCUT2D eigenvalue weighted by molar-refractivity contribution is -0.275. The molecule has 2 aromatic rings. The summed E-state index contributed by atoms with van der Waals surface area (Å²) in [5.74, 6) is 0. The molecule has 1 heterocycles. The fraction of sp³-hybridized carbons (Fsp3) is 0.316. The SMILES string of the molecule is CCc1cc(C)cc(C2(C(F)(F)F)CC(c3ccc(Cl)cc3)=NO2)c1. The van der Waals surface area contributed by atoms with Gasteiger partial charge in [0.15, 0.2) is 0 Å². The van der Waals surface area contributed by atoms with E-state index in [1.54, 1.807) is 37.3 Å². The van der Waals surface area contributed by atoms with Gasteiger partial charge in [-0.3, -0.25) is 0 Å². The van der Waals surface area contributed by atoms with Crippen molar-refractivity contribution in [2.24, 2.45) is 5.16 Å². The van der Waals surface area contributed by atoms with E-state index < -0.39 is 11.8 Å². The molecule has 0 radical (unpaired) electrons. The Morgan fingerprint density at radius 2 is 1.84 bits per heavy atom. The molecule has 1 aliphatic rings. The zero-order valence-electron chi connectivity index (χ0n) is 13.8. The lowest BCUT2D eigenvalue weighted by Gasteiger charge is -2.30. The molecule has 0 aliphatic carbocycles. The zero-order chi connectivity index (χ0) is 18.2. The van der Waals surface area contributed by atoms with E-state index in [2.05, 4.69) is 5.16 Å². The lowest BCUT2D eigenvalue weighted by Crippen LogP contribution is -2.42. The molecule has 0 saturated carbocycles. The summed E-state index contributed by atoms with van der Waals surface area (Å²) in [7, 11) is 0. The van der Waals surface area contributed by atoms with Crippen LogP contribution in [0, 0.1) is 6.92 Å². The highest BCUT2D eigenvalue weighted by Gasteiger charge is 2.62. The second-order valence-electron chi connectivity index (χ2n) is 6.20. The third-order valence-electron chi connectivity index (χ3n) is 4.38. The third kappa shape index (κ3) is 3.25. The van der Waals surface area contributed by atoms with Gasteiger partial charge in [-0.25, -0.2) is 0 Å². The largest absolute Gasteiger partial charge is 0.435 e. The zero-order valence-corrected chi connectivity index (χ0v) is 14.6. The first kappa shape index (κ1) is 17.8. The molecule has 0 amide bonds. The van der Waals surface area contributed by atoms with Crippen molar-refractivity contribution in [3.05, 3.63) is 69.7 Å². The molecule has 3 rings (SSSR count). The summed E-state index contributed by atoms with van der Waals surface area (Å²) in [4.78, 5) is 5.07. The fourth-order valence-corrected chi connectivity index (χ4v) is 3.13. The molecule has 0 fully saturated rings. The van der Waals surface area contributed by atoms with Crippen LogP contribution in [0.2, 0.25) is 5.02 Å². The van der Waals surface area contributed by atoms with E-state index in [1.807, 2.05) is 13.0 Å². The van der Waals surface area contributed by atoms with E-state index in [-0.39, 0.29) is 17.7 Å². The summed E-state index contributed by atoms with van der Waals surface area (Å²) in [5.41, 5.74) is 0.0541. The van der Waals surface area contributed by atoms with Gasteiger partial charge in [0.2, 0.25) is 0 Å². The van der Waals surface area contributed by atoms with Crippen molar-refractivity contribution < 1.29 is 18.0 Å². The average molecular weight is 368 g/mol. The molecule has 0 saturated heterocycles. The van der Waals surface area contributed by atoms with Crippen LogP contribution in [0.5, 0.6) is 0 Å². The van der Waals surface area contributed by atoms with Crippen LogP contribution >= 0.6 is 11.6 Å². The molecular weight excluding hydrogens is 351 g/mol. The molecule has 1 unspecified atom stereocenters. The highest BCUT2D eigenvalue weighted by molar-refractivity contribution is 6.30. The second-order valence-corrected chi connectivity index (χ2v) is 6.63. The monoisotopic (exact) mass is 367 g/mol. The van der Waals surface area contributed by atoms with Crippen LogP contribution in [-0.4, -0.2) is 11.9 Å². The molecule has 0 N–H and O–H groups in total. The van der Waals surface area contributed by atoms with Crippen LogP contribution in [0.1, 0.15) is 35.6 Å². The normalized spacial score (nSPS) is 20.3. The van der Waals surface area contributed by atoms with Gasteiger partial charge in [-0.2, -0.15) is 13.2 Å². The maximum Gasteiger partial charge on any atom is 0.435 e. The minimum atomic E-state index is -4.59. The van der Waals surface area contributed by atoms with Crippen molar-refractivity contribution >= 4 is 17.3 Å². The molecule has 1 atom stereocenters. The van der Waals surface area contributed by atoms with E-state index in [0.29, 0.717) is 17.0 Å². The van der Waals surface area contributed by atoms with Crippen molar-refractivity contribution in [1.29, 1.82) is 0 Å². The van der Waals surface area contributed by atoms with E-state index >= 15 is 0 Å². The first-order valence-corrected chi connectivity index (χ1v) is 8.32. The van der Waals surface area contributed by atoms with Crippen molar-refractivity contribution in [1.82, 2.24) is 0 Å². The first-order chi connectivity index (χ1) is 11.7. The fourth-order valence-electron chi connectivity index (χ4n) is 3.00. The molecule has 2 nitrogen and oxygen atoms in total. The van der Waals surface area contributed by atoms with Gasteiger partial charge in [-0.15, -0.1) is 0 Å². The molecule has 132 valence electrons. The summed E-state index contributed by atoms with van der Waals surface area (Å²) < 4.78 is 42.0. The molecule has 0 bridgehead atoms. The number of halogens is 4. The average Bonchev–Trinajstić information content (AvgIpc) is 3.01. The maximum atomic E-state index is 14.0. The summed E-state index contributed by atoms with van der Waals surface area (Å²) >= 11 is 5.84. The van der Waals surface area contributed by atoms with Crippen LogP contribution in [0.25, 0.3) is 0 Å². The van der Waals surface area contributed by atoms with Crippen molar-refractivity contribution in [3.8, 4) is 0 Å². The van der Waals surface area contributed by atoms with Gasteiger partial charge in [0.25, 0.3) is 5.60 Å². The van der Waals surface area contributed by atoms with E-state index in [0.717, 1.165) is 11.1 Å². The van der Waals surface area contributed by atoms with Gasteiger partial charge >= 0.3 is 6.18 Å². The number of aryl methyl sites for hydroxylation is 2. The van der Waals surface area contributed by atoms with Crippen molar-refractivity contribution in [3.63, 3.8) is 0 Å². The topological polar surface area (TPSA) is 21.6 Å². The van der Waals surface area contributed by atoms with E-state index in [1.165, 1.54) is 6.07 Å². The summed E-state index contributed by atoms with van der Waals surface area (Å²) in [6.45, 7) is 3.69. The van der Waals surface area contributed by atoms with Gasteiger partial charge in [0.1, 0.15) is 0 Å². The van der Waals surface area contributed by atoms with Crippen LogP contribution in [0.3, 0.4) is 0 Å². The van der Waals surface area contributed by atoms with Crippen LogP contribution in [-0.2, 0) is 16.9 Å². The van der Waals surface area contributed by atoms with Crippen molar-refractivity contribution in [2.75, 3.05) is 0 Å². The third-order valence-corrected chi connectivity index (χ3v) is 4.63. The van der Waals surface area contributed by atoms with Gasteiger partial charge in [0.05, 0.1) is 5.71 Å². The van der Waals surface area contributed by atoms with Crippen LogP contribution in [0.4, 0.5) is 13.2 Å². The molecule has 0 aromatic heterocycles. The Hall–Kier alpha value is -2.01. The van der Waals surface area contributed by atoms with Gasteiger partial charge < -0.3 is 4.84 Å². The van der Waals surface area contributed by atoms with E-state index in [9.17, 15) is 13.2 Å². The summed E-state index contributed by atoms with van der Waals surface area (Å²) in [6, 6.07) is 11.5. The standard InChI is InChI=1S/C19H17ClF3NO/c1-3-13-8-12(2)9-15(10-13)18(19(21,22)23)11-17(24-25-18)14-4-6-16(20)7-5-14/h4-10H,3,11H2,1-2H3.